The number of sulfonamides is 1. The van der Waals surface area contributed by atoms with Crippen molar-refractivity contribution in [1.82, 2.24) is 4.31 Å². The smallest absolute Gasteiger partial charge is 0.295 e. The Hall–Kier alpha value is -1.67. The number of anilines is 1. The molecule has 0 atom stereocenters. The molecule has 1 aromatic carbocycles. The van der Waals surface area contributed by atoms with Gasteiger partial charge in [0.15, 0.2) is 0 Å². The zero-order chi connectivity index (χ0) is 16.0. The van der Waals surface area contributed by atoms with E-state index >= 15 is 0 Å². The van der Waals surface area contributed by atoms with Gasteiger partial charge in [-0.25, -0.2) is 12.7 Å². The summed E-state index contributed by atoms with van der Waals surface area (Å²) in [5, 5.41) is 14.0. The summed E-state index contributed by atoms with van der Waals surface area (Å²) in [4.78, 5) is 10.6. The first-order valence-corrected chi connectivity index (χ1v) is 8.55. The first kappa shape index (κ1) is 17.4. The lowest BCUT2D eigenvalue weighted by Gasteiger charge is -2.17. The summed E-state index contributed by atoms with van der Waals surface area (Å²) in [7, 11) is -3.19. The van der Waals surface area contributed by atoms with E-state index in [-0.39, 0.29) is 5.69 Å². The molecular weight excluding hydrogens is 294 g/mol. The van der Waals surface area contributed by atoms with Gasteiger partial charge < -0.3 is 5.32 Å². The van der Waals surface area contributed by atoms with Gasteiger partial charge in [-0.2, -0.15) is 0 Å². The number of nitro benzene ring substituents is 1. The zero-order valence-corrected chi connectivity index (χ0v) is 13.3. The summed E-state index contributed by atoms with van der Waals surface area (Å²) in [6.45, 7) is 4.74. The van der Waals surface area contributed by atoms with E-state index in [1.165, 1.54) is 10.6 Å². The normalized spacial score (nSPS) is 11.6. The number of rotatable bonds is 8. The van der Waals surface area contributed by atoms with Gasteiger partial charge in [0, 0.05) is 25.2 Å². The van der Waals surface area contributed by atoms with Crippen LogP contribution >= 0.6 is 0 Å². The Kier molecular flexibility index (Phi) is 6.10. The minimum absolute atomic E-state index is 0.0629. The number of hydrogen-bond acceptors (Lipinski definition) is 5. The molecule has 21 heavy (non-hydrogen) atoms. The van der Waals surface area contributed by atoms with Gasteiger partial charge in [-0.15, -0.1) is 0 Å². The topological polar surface area (TPSA) is 92.5 Å². The van der Waals surface area contributed by atoms with E-state index in [0.29, 0.717) is 37.3 Å². The van der Waals surface area contributed by atoms with E-state index in [9.17, 15) is 18.5 Å². The average Bonchev–Trinajstić information content (AvgIpc) is 2.36. The van der Waals surface area contributed by atoms with Crippen molar-refractivity contribution < 1.29 is 13.3 Å². The molecule has 0 amide bonds. The molecule has 1 N–H and O–H groups in total. The highest BCUT2D eigenvalue weighted by molar-refractivity contribution is 7.88. The maximum Gasteiger partial charge on any atom is 0.295 e. The fraction of sp³-hybridized carbons (Fsp3) is 0.538. The van der Waals surface area contributed by atoms with E-state index in [0.717, 1.165) is 0 Å². The molecule has 118 valence electrons. The first-order chi connectivity index (χ1) is 9.77. The molecule has 0 aromatic heterocycles. The van der Waals surface area contributed by atoms with Gasteiger partial charge in [0.2, 0.25) is 10.0 Å². The average molecular weight is 315 g/mol. The number of benzene rings is 1. The van der Waals surface area contributed by atoms with Crippen LogP contribution in [0.25, 0.3) is 0 Å². The van der Waals surface area contributed by atoms with Crippen molar-refractivity contribution in [1.29, 1.82) is 0 Å². The Balaban J connectivity index is 2.62. The third-order valence-electron chi connectivity index (χ3n) is 3.14. The van der Waals surface area contributed by atoms with Gasteiger partial charge in [-0.3, -0.25) is 10.1 Å². The van der Waals surface area contributed by atoms with Crippen molar-refractivity contribution in [3.8, 4) is 0 Å². The minimum Gasteiger partial charge on any atom is -0.379 e. The second kappa shape index (κ2) is 7.37. The molecule has 0 aliphatic rings. The second-order valence-electron chi connectivity index (χ2n) is 4.76. The number of aryl methyl sites for hydroxylation is 1. The molecule has 0 saturated carbocycles. The molecule has 1 rings (SSSR count). The van der Waals surface area contributed by atoms with E-state index in [1.54, 1.807) is 32.0 Å². The highest BCUT2D eigenvalue weighted by Gasteiger charge is 2.17. The predicted molar refractivity (Wildman–Crippen MR) is 83.0 cm³/mol. The van der Waals surface area contributed by atoms with Crippen LogP contribution in [-0.2, 0) is 10.0 Å². The maximum atomic E-state index is 11.4. The quantitative estimate of drug-likeness (QED) is 0.450. The lowest BCUT2D eigenvalue weighted by atomic mass is 10.1. The fourth-order valence-corrected chi connectivity index (χ4v) is 3.01. The molecule has 0 heterocycles. The van der Waals surface area contributed by atoms with Crippen LogP contribution in [0.1, 0.15) is 18.9 Å². The van der Waals surface area contributed by atoms with E-state index < -0.39 is 14.9 Å². The highest BCUT2D eigenvalue weighted by Crippen LogP contribution is 2.27. The van der Waals surface area contributed by atoms with Crippen LogP contribution in [0.4, 0.5) is 11.4 Å². The number of para-hydroxylation sites is 1. The molecular formula is C13H21N3O4S. The second-order valence-corrected chi connectivity index (χ2v) is 6.75. The van der Waals surface area contributed by atoms with Crippen molar-refractivity contribution in [2.24, 2.45) is 0 Å². The predicted octanol–water partition coefficient (Wildman–Crippen LogP) is 1.99. The van der Waals surface area contributed by atoms with Crippen molar-refractivity contribution in [2.45, 2.75) is 20.3 Å². The molecule has 1 aromatic rings. The molecule has 0 spiro atoms. The van der Waals surface area contributed by atoms with Crippen LogP contribution < -0.4 is 5.32 Å². The summed E-state index contributed by atoms with van der Waals surface area (Å²) >= 11 is 0. The molecule has 0 aliphatic carbocycles. The Morgan fingerprint density at radius 3 is 2.57 bits per heavy atom. The van der Waals surface area contributed by atoms with Gasteiger partial charge >= 0.3 is 0 Å². The monoisotopic (exact) mass is 315 g/mol. The van der Waals surface area contributed by atoms with Crippen molar-refractivity contribution in [3.63, 3.8) is 0 Å². The van der Waals surface area contributed by atoms with Crippen LogP contribution in [0.5, 0.6) is 0 Å². The molecule has 0 saturated heterocycles. The largest absolute Gasteiger partial charge is 0.379 e. The summed E-state index contributed by atoms with van der Waals surface area (Å²) in [6.07, 6.45) is 1.75. The van der Waals surface area contributed by atoms with Gasteiger partial charge in [0.1, 0.15) is 5.69 Å². The maximum absolute atomic E-state index is 11.4. The van der Waals surface area contributed by atoms with E-state index in [2.05, 4.69) is 5.32 Å². The Morgan fingerprint density at radius 1 is 1.38 bits per heavy atom. The van der Waals surface area contributed by atoms with E-state index in [1.807, 2.05) is 0 Å². The van der Waals surface area contributed by atoms with Crippen molar-refractivity contribution in [2.75, 3.05) is 31.2 Å². The molecule has 0 bridgehead atoms. The third kappa shape index (κ3) is 4.98. The van der Waals surface area contributed by atoms with Crippen molar-refractivity contribution in [3.05, 3.63) is 33.9 Å². The highest BCUT2D eigenvalue weighted by atomic mass is 32.2. The zero-order valence-electron chi connectivity index (χ0n) is 12.5. The number of nitrogens with zero attached hydrogens (tertiary/aromatic N) is 2. The van der Waals surface area contributed by atoms with Gasteiger partial charge in [-0.1, -0.05) is 19.1 Å². The van der Waals surface area contributed by atoms with Crippen LogP contribution in [0.3, 0.4) is 0 Å². The molecule has 8 heteroatoms. The SMILES string of the molecule is CCN(CCCNc1cccc(C)c1[N+](=O)[O-])S(C)(=O)=O. The van der Waals surface area contributed by atoms with Crippen LogP contribution in [-0.4, -0.2) is 43.5 Å². The van der Waals surface area contributed by atoms with E-state index in [4.69, 9.17) is 0 Å². The molecule has 0 radical (unpaired) electrons. The summed E-state index contributed by atoms with van der Waals surface area (Å²) in [5.41, 5.74) is 1.12. The third-order valence-corrected chi connectivity index (χ3v) is 4.52. The lowest BCUT2D eigenvalue weighted by Crippen LogP contribution is -2.31. The number of nitrogens with one attached hydrogen (secondary N) is 1. The van der Waals surface area contributed by atoms with Crippen LogP contribution in [0.2, 0.25) is 0 Å². The molecule has 7 nitrogen and oxygen atoms in total. The number of nitro groups is 1. The minimum atomic E-state index is -3.19. The van der Waals surface area contributed by atoms with Crippen LogP contribution in [0, 0.1) is 17.0 Å². The Labute approximate surface area is 125 Å². The van der Waals surface area contributed by atoms with Crippen LogP contribution in [0.15, 0.2) is 18.2 Å². The Morgan fingerprint density at radius 2 is 2.05 bits per heavy atom. The Bertz CT molecular complexity index is 601. The summed E-state index contributed by atoms with van der Waals surface area (Å²) in [6, 6.07) is 5.09. The number of hydrogen-bond donors (Lipinski definition) is 1. The van der Waals surface area contributed by atoms with Crippen molar-refractivity contribution >= 4 is 21.4 Å². The lowest BCUT2D eigenvalue weighted by molar-refractivity contribution is -0.384. The molecule has 0 aliphatic heterocycles. The standard InChI is InChI=1S/C13H21N3O4S/c1-4-15(21(3,19)20)10-6-9-14-12-8-5-7-11(2)13(12)16(17)18/h5,7-8,14H,4,6,9-10H2,1-3H3. The molecule has 0 fully saturated rings. The summed E-state index contributed by atoms with van der Waals surface area (Å²) < 4.78 is 24.2. The fourth-order valence-electron chi connectivity index (χ4n) is 2.08. The van der Waals surface area contributed by atoms with Gasteiger partial charge in [0.05, 0.1) is 11.2 Å². The van der Waals surface area contributed by atoms with Gasteiger partial charge in [-0.05, 0) is 19.4 Å². The first-order valence-electron chi connectivity index (χ1n) is 6.70. The summed E-state index contributed by atoms with van der Waals surface area (Å²) in [5.74, 6) is 0. The van der Waals surface area contributed by atoms with Gasteiger partial charge in [0.25, 0.3) is 5.69 Å². The molecule has 0 unspecified atom stereocenters.